The number of aryl methyl sites for hydroxylation is 1. The fraction of sp³-hybridized carbons (Fsp3) is 0.0800. The Hall–Kier alpha value is -4.80. The molecule has 0 aliphatic carbocycles. The Labute approximate surface area is 202 Å². The molecule has 0 unspecified atom stereocenters. The van der Waals surface area contributed by atoms with Crippen molar-refractivity contribution in [2.75, 3.05) is 10.6 Å². The molecule has 0 fully saturated rings. The zero-order chi connectivity index (χ0) is 25.9. The highest BCUT2D eigenvalue weighted by molar-refractivity contribution is 6.05. The quantitative estimate of drug-likeness (QED) is 0.427. The summed E-state index contributed by atoms with van der Waals surface area (Å²) >= 11 is 0. The second-order valence-corrected chi connectivity index (χ2v) is 7.69. The van der Waals surface area contributed by atoms with Gasteiger partial charge in [-0.3, -0.25) is 19.4 Å². The minimum absolute atomic E-state index is 0.0420. The summed E-state index contributed by atoms with van der Waals surface area (Å²) in [4.78, 5) is 41.5. The standard InChI is InChI=1S/C25H18F3N5O3/c1-15-12-21(34)22(32-33(15)20-6-2-4-17(13-20)25(26,27)28)24(36)30-18-9-7-16(8-10-18)23(35)31-19-5-3-11-29-14-19/h2-14H,1H3,(H,30,36)(H,31,35). The number of pyridine rings is 1. The highest BCUT2D eigenvalue weighted by Crippen LogP contribution is 2.30. The molecular weight excluding hydrogens is 475 g/mol. The predicted molar refractivity (Wildman–Crippen MR) is 126 cm³/mol. The number of benzene rings is 2. The number of nitrogens with zero attached hydrogens (tertiary/aromatic N) is 3. The average Bonchev–Trinajstić information content (AvgIpc) is 2.84. The van der Waals surface area contributed by atoms with E-state index in [1.54, 1.807) is 18.3 Å². The van der Waals surface area contributed by atoms with Crippen LogP contribution < -0.4 is 16.1 Å². The summed E-state index contributed by atoms with van der Waals surface area (Å²) in [6.45, 7) is 1.49. The minimum atomic E-state index is -4.57. The normalized spacial score (nSPS) is 11.1. The number of hydrogen-bond acceptors (Lipinski definition) is 5. The third kappa shape index (κ3) is 5.46. The molecule has 2 aromatic carbocycles. The Morgan fingerprint density at radius 2 is 1.61 bits per heavy atom. The van der Waals surface area contributed by atoms with Crippen molar-refractivity contribution in [3.63, 3.8) is 0 Å². The van der Waals surface area contributed by atoms with E-state index in [0.29, 0.717) is 11.3 Å². The van der Waals surface area contributed by atoms with Crippen LogP contribution in [0.4, 0.5) is 24.5 Å². The summed E-state index contributed by atoms with van der Waals surface area (Å²) in [6.07, 6.45) is -1.50. The molecule has 2 amide bonds. The number of nitrogens with one attached hydrogen (secondary N) is 2. The number of rotatable bonds is 5. The molecule has 182 valence electrons. The summed E-state index contributed by atoms with van der Waals surface area (Å²) < 4.78 is 40.4. The van der Waals surface area contributed by atoms with Gasteiger partial charge in [0.05, 0.1) is 23.1 Å². The smallest absolute Gasteiger partial charge is 0.321 e. The van der Waals surface area contributed by atoms with Gasteiger partial charge in [0, 0.05) is 29.2 Å². The Morgan fingerprint density at radius 1 is 0.889 bits per heavy atom. The molecule has 0 saturated carbocycles. The van der Waals surface area contributed by atoms with Crippen LogP contribution in [0.25, 0.3) is 5.69 Å². The summed E-state index contributed by atoms with van der Waals surface area (Å²) in [5.74, 6) is -1.24. The molecule has 4 rings (SSSR count). The van der Waals surface area contributed by atoms with Gasteiger partial charge in [0.15, 0.2) is 5.69 Å². The molecule has 8 nitrogen and oxygen atoms in total. The van der Waals surface area contributed by atoms with Crippen LogP contribution in [0.5, 0.6) is 0 Å². The van der Waals surface area contributed by atoms with Gasteiger partial charge < -0.3 is 10.6 Å². The average molecular weight is 493 g/mol. The number of hydrogen-bond donors (Lipinski definition) is 2. The van der Waals surface area contributed by atoms with Gasteiger partial charge in [-0.1, -0.05) is 6.07 Å². The lowest BCUT2D eigenvalue weighted by Crippen LogP contribution is -2.27. The van der Waals surface area contributed by atoms with Crippen molar-refractivity contribution < 1.29 is 22.8 Å². The molecule has 0 spiro atoms. The number of anilines is 2. The summed E-state index contributed by atoms with van der Waals surface area (Å²) in [7, 11) is 0. The molecule has 4 aromatic rings. The number of carbonyl (C=O) groups excluding carboxylic acids is 2. The van der Waals surface area contributed by atoms with Gasteiger partial charge >= 0.3 is 6.18 Å². The molecule has 0 atom stereocenters. The van der Waals surface area contributed by atoms with Crippen molar-refractivity contribution in [1.29, 1.82) is 0 Å². The number of alkyl halides is 3. The molecule has 0 bridgehead atoms. The number of halogens is 3. The largest absolute Gasteiger partial charge is 0.416 e. The highest BCUT2D eigenvalue weighted by atomic mass is 19.4. The number of carbonyl (C=O) groups is 2. The fourth-order valence-electron chi connectivity index (χ4n) is 3.32. The van der Waals surface area contributed by atoms with Gasteiger partial charge in [-0.15, -0.1) is 0 Å². The number of aromatic nitrogens is 3. The summed E-state index contributed by atoms with van der Waals surface area (Å²) in [5.41, 5.74) is -0.680. The molecule has 11 heteroatoms. The first-order valence-electron chi connectivity index (χ1n) is 10.5. The Kier molecular flexibility index (Phi) is 6.64. The molecule has 2 aromatic heterocycles. The lowest BCUT2D eigenvalue weighted by atomic mass is 10.2. The third-order valence-corrected chi connectivity index (χ3v) is 5.06. The predicted octanol–water partition coefficient (Wildman–Crippen LogP) is 4.46. The summed E-state index contributed by atoms with van der Waals surface area (Å²) in [6, 6.07) is 14.8. The lowest BCUT2D eigenvalue weighted by molar-refractivity contribution is -0.137. The molecule has 0 aliphatic heterocycles. The van der Waals surface area contributed by atoms with Gasteiger partial charge in [0.25, 0.3) is 11.8 Å². The van der Waals surface area contributed by atoms with E-state index in [-0.39, 0.29) is 23.0 Å². The molecule has 2 heterocycles. The van der Waals surface area contributed by atoms with Crippen LogP contribution >= 0.6 is 0 Å². The van der Waals surface area contributed by atoms with E-state index in [0.717, 1.165) is 22.9 Å². The molecule has 0 radical (unpaired) electrons. The van der Waals surface area contributed by atoms with Crippen LogP contribution in [0.15, 0.2) is 83.9 Å². The maximum Gasteiger partial charge on any atom is 0.416 e. The molecular formula is C25H18F3N5O3. The van der Waals surface area contributed by atoms with Gasteiger partial charge in [-0.05, 0) is 61.5 Å². The lowest BCUT2D eigenvalue weighted by Gasteiger charge is -2.13. The zero-order valence-electron chi connectivity index (χ0n) is 18.7. The van der Waals surface area contributed by atoms with Gasteiger partial charge in [-0.25, -0.2) is 4.68 Å². The SMILES string of the molecule is Cc1cc(=O)c(C(=O)Nc2ccc(C(=O)Nc3cccnc3)cc2)nn1-c1cccc(C(F)(F)F)c1. The van der Waals surface area contributed by atoms with Crippen molar-refractivity contribution >= 4 is 23.2 Å². The van der Waals surface area contributed by atoms with Crippen LogP contribution in [-0.2, 0) is 6.18 Å². The van der Waals surface area contributed by atoms with Crippen molar-refractivity contribution in [3.05, 3.63) is 112 Å². The second kappa shape index (κ2) is 9.82. The van der Waals surface area contributed by atoms with Gasteiger partial charge in [0.2, 0.25) is 5.43 Å². The van der Waals surface area contributed by atoms with Crippen LogP contribution in [0.1, 0.15) is 32.1 Å². The Balaban J connectivity index is 1.54. The molecule has 0 saturated heterocycles. The Morgan fingerprint density at radius 3 is 2.28 bits per heavy atom. The van der Waals surface area contributed by atoms with Crippen LogP contribution in [-0.4, -0.2) is 26.6 Å². The molecule has 2 N–H and O–H groups in total. The van der Waals surface area contributed by atoms with E-state index in [2.05, 4.69) is 20.7 Å². The first-order valence-corrected chi connectivity index (χ1v) is 10.5. The van der Waals surface area contributed by atoms with Crippen LogP contribution in [0.3, 0.4) is 0 Å². The van der Waals surface area contributed by atoms with E-state index >= 15 is 0 Å². The van der Waals surface area contributed by atoms with Crippen molar-refractivity contribution in [2.24, 2.45) is 0 Å². The maximum atomic E-state index is 13.1. The topological polar surface area (TPSA) is 106 Å². The van der Waals surface area contributed by atoms with Crippen molar-refractivity contribution in [3.8, 4) is 5.69 Å². The minimum Gasteiger partial charge on any atom is -0.321 e. The second-order valence-electron chi connectivity index (χ2n) is 7.69. The van der Waals surface area contributed by atoms with E-state index < -0.39 is 28.8 Å². The fourth-order valence-corrected chi connectivity index (χ4v) is 3.32. The maximum absolute atomic E-state index is 13.1. The van der Waals surface area contributed by atoms with Crippen molar-refractivity contribution in [1.82, 2.24) is 14.8 Å². The zero-order valence-corrected chi connectivity index (χ0v) is 18.7. The van der Waals surface area contributed by atoms with Gasteiger partial charge in [-0.2, -0.15) is 18.3 Å². The van der Waals surface area contributed by atoms with E-state index in [4.69, 9.17) is 0 Å². The molecule has 36 heavy (non-hydrogen) atoms. The third-order valence-electron chi connectivity index (χ3n) is 5.06. The number of amides is 2. The van der Waals surface area contributed by atoms with Crippen molar-refractivity contribution in [2.45, 2.75) is 13.1 Å². The van der Waals surface area contributed by atoms with E-state index in [9.17, 15) is 27.6 Å². The van der Waals surface area contributed by atoms with Crippen LogP contribution in [0, 0.1) is 6.92 Å². The monoisotopic (exact) mass is 493 g/mol. The summed E-state index contributed by atoms with van der Waals surface area (Å²) in [5, 5.41) is 9.20. The van der Waals surface area contributed by atoms with E-state index in [1.165, 1.54) is 49.5 Å². The Bertz CT molecular complexity index is 1480. The van der Waals surface area contributed by atoms with E-state index in [1.807, 2.05) is 0 Å². The first kappa shape index (κ1) is 24.3. The molecule has 0 aliphatic rings. The highest BCUT2D eigenvalue weighted by Gasteiger charge is 2.30. The van der Waals surface area contributed by atoms with Gasteiger partial charge in [0.1, 0.15) is 0 Å². The van der Waals surface area contributed by atoms with Crippen LogP contribution in [0.2, 0.25) is 0 Å². The first-order chi connectivity index (χ1) is 17.1.